The molecule has 2 amide bonds. The molecular weight excluding hydrogens is 370 g/mol. The van der Waals surface area contributed by atoms with E-state index in [-0.39, 0.29) is 18.4 Å². The molecule has 8 heteroatoms. The van der Waals surface area contributed by atoms with Crippen LogP contribution in [0.15, 0.2) is 42.1 Å². The Morgan fingerprint density at radius 3 is 2.69 bits per heavy atom. The van der Waals surface area contributed by atoms with E-state index in [1.807, 2.05) is 24.3 Å². The van der Waals surface area contributed by atoms with Crippen molar-refractivity contribution in [2.24, 2.45) is 0 Å². The summed E-state index contributed by atoms with van der Waals surface area (Å²) in [6.45, 7) is 0.508. The van der Waals surface area contributed by atoms with Crippen LogP contribution in [0.25, 0.3) is 16.5 Å². The highest BCUT2D eigenvalue weighted by molar-refractivity contribution is 7.96. The minimum Gasteiger partial charge on any atom is -0.396 e. The summed E-state index contributed by atoms with van der Waals surface area (Å²) >= 11 is 5.63. The second kappa shape index (κ2) is 8.31. The van der Waals surface area contributed by atoms with Crippen molar-refractivity contribution in [2.45, 2.75) is 6.42 Å². The van der Waals surface area contributed by atoms with Crippen molar-refractivity contribution >= 4 is 47.0 Å². The summed E-state index contributed by atoms with van der Waals surface area (Å²) in [5.41, 5.74) is 2.03. The number of benzene rings is 1. The fraction of sp³-hybridized carbons (Fsp3) is 0.167. The molecular formula is C18H18N3O3S2+. The van der Waals surface area contributed by atoms with Crippen molar-refractivity contribution < 1.29 is 19.7 Å². The summed E-state index contributed by atoms with van der Waals surface area (Å²) < 4.78 is 0. The largest absolute Gasteiger partial charge is 0.396 e. The highest BCUT2D eigenvalue weighted by Gasteiger charge is 2.25. The van der Waals surface area contributed by atoms with Crippen molar-refractivity contribution in [3.8, 4) is 10.4 Å². The number of hydrogen-bond donors (Lipinski definition) is 5. The topological polar surface area (TPSA) is 92.4 Å². The molecule has 0 spiro atoms. The Hall–Kier alpha value is -2.42. The van der Waals surface area contributed by atoms with Crippen LogP contribution in [0.3, 0.4) is 0 Å². The number of aliphatic hydroxyl groups is 1. The van der Waals surface area contributed by atoms with Gasteiger partial charge in [-0.3, -0.25) is 4.79 Å². The Morgan fingerprint density at radius 2 is 2.04 bits per heavy atom. The molecule has 1 aromatic carbocycles. The number of thiol groups is 1. The minimum absolute atomic E-state index is 0.0562. The number of carbonyl (C=O) groups excluding carboxylic acids is 2. The van der Waals surface area contributed by atoms with Gasteiger partial charge in [-0.2, -0.15) is 5.32 Å². The lowest BCUT2D eigenvalue weighted by Crippen LogP contribution is -2.67. The summed E-state index contributed by atoms with van der Waals surface area (Å²) in [5.74, 6) is -0.361. The van der Waals surface area contributed by atoms with Gasteiger partial charge in [0.15, 0.2) is 0 Å². The SMILES string of the molecule is O=C1NC(S)=[NH+]/C1=C/c1ccc(-c2ccc(C(=O)NCCCO)cc2)s1. The molecule has 0 bridgehead atoms. The van der Waals surface area contributed by atoms with E-state index in [2.05, 4.69) is 28.3 Å². The van der Waals surface area contributed by atoms with Crippen molar-refractivity contribution in [1.82, 2.24) is 10.6 Å². The highest BCUT2D eigenvalue weighted by Crippen LogP contribution is 2.29. The summed E-state index contributed by atoms with van der Waals surface area (Å²) in [7, 11) is 0. The van der Waals surface area contributed by atoms with E-state index in [1.54, 1.807) is 29.5 Å². The first-order valence-electron chi connectivity index (χ1n) is 8.02. The second-order valence-electron chi connectivity index (χ2n) is 5.60. The fourth-order valence-corrected chi connectivity index (χ4v) is 3.57. The first-order chi connectivity index (χ1) is 12.6. The van der Waals surface area contributed by atoms with Crippen LogP contribution in [0.2, 0.25) is 0 Å². The van der Waals surface area contributed by atoms with E-state index in [0.29, 0.717) is 29.4 Å². The molecule has 134 valence electrons. The molecule has 0 saturated carbocycles. The molecule has 0 saturated heterocycles. The first kappa shape index (κ1) is 18.4. The third-order valence-corrected chi connectivity index (χ3v) is 5.00. The summed E-state index contributed by atoms with van der Waals surface area (Å²) in [6, 6.07) is 11.2. The van der Waals surface area contributed by atoms with Crippen LogP contribution < -0.4 is 15.6 Å². The summed E-state index contributed by atoms with van der Waals surface area (Å²) in [4.78, 5) is 28.5. The molecule has 0 radical (unpaired) electrons. The van der Waals surface area contributed by atoms with Crippen LogP contribution in [0.1, 0.15) is 21.7 Å². The average Bonchev–Trinajstić information content (AvgIpc) is 3.22. The smallest absolute Gasteiger partial charge is 0.379 e. The van der Waals surface area contributed by atoms with Gasteiger partial charge in [-0.15, -0.1) is 11.3 Å². The number of amidine groups is 1. The lowest BCUT2D eigenvalue weighted by atomic mass is 10.1. The molecule has 0 unspecified atom stereocenters. The van der Waals surface area contributed by atoms with Crippen molar-refractivity contribution in [3.63, 3.8) is 0 Å². The zero-order valence-corrected chi connectivity index (χ0v) is 15.5. The van der Waals surface area contributed by atoms with Gasteiger partial charge < -0.3 is 10.4 Å². The highest BCUT2D eigenvalue weighted by atomic mass is 32.1. The molecule has 1 aliphatic heterocycles. The van der Waals surface area contributed by atoms with Gasteiger partial charge >= 0.3 is 11.1 Å². The Labute approximate surface area is 160 Å². The molecule has 1 aromatic heterocycles. The van der Waals surface area contributed by atoms with Crippen molar-refractivity contribution in [1.29, 1.82) is 0 Å². The summed E-state index contributed by atoms with van der Waals surface area (Å²) in [6.07, 6.45) is 2.31. The third-order valence-electron chi connectivity index (χ3n) is 3.70. The van der Waals surface area contributed by atoms with Gasteiger partial charge in [-0.1, -0.05) is 24.8 Å². The van der Waals surface area contributed by atoms with Crippen LogP contribution in [-0.2, 0) is 4.79 Å². The maximum Gasteiger partial charge on any atom is 0.379 e. The normalized spacial score (nSPS) is 15.1. The molecule has 0 aliphatic carbocycles. The molecule has 0 fully saturated rings. The summed E-state index contributed by atoms with van der Waals surface area (Å²) in [5, 5.41) is 14.5. The maximum atomic E-state index is 12.0. The van der Waals surface area contributed by atoms with E-state index in [1.165, 1.54) is 0 Å². The van der Waals surface area contributed by atoms with Gasteiger partial charge in [0.2, 0.25) is 5.70 Å². The van der Waals surface area contributed by atoms with Crippen LogP contribution >= 0.6 is 24.0 Å². The Morgan fingerprint density at radius 1 is 1.27 bits per heavy atom. The lowest BCUT2D eigenvalue weighted by Gasteiger charge is -2.04. The van der Waals surface area contributed by atoms with E-state index in [0.717, 1.165) is 15.3 Å². The zero-order chi connectivity index (χ0) is 18.5. The van der Waals surface area contributed by atoms with Gasteiger partial charge in [-0.25, -0.2) is 9.79 Å². The monoisotopic (exact) mass is 388 g/mol. The van der Waals surface area contributed by atoms with E-state index < -0.39 is 0 Å². The molecule has 3 rings (SSSR count). The van der Waals surface area contributed by atoms with E-state index in [9.17, 15) is 9.59 Å². The van der Waals surface area contributed by atoms with Crippen molar-refractivity contribution in [3.05, 3.63) is 52.5 Å². The second-order valence-corrected chi connectivity index (χ2v) is 7.16. The molecule has 2 heterocycles. The number of thiophene rings is 1. The van der Waals surface area contributed by atoms with Crippen LogP contribution in [0, 0.1) is 0 Å². The Balaban J connectivity index is 1.71. The molecule has 1 aliphatic rings. The van der Waals surface area contributed by atoms with Gasteiger partial charge in [0.1, 0.15) is 0 Å². The van der Waals surface area contributed by atoms with Crippen LogP contribution in [-0.4, -0.2) is 35.2 Å². The standard InChI is InChI=1S/C18H17N3O3S2/c22-9-1-8-19-16(23)12-4-2-11(3-5-12)15-7-6-13(26-15)10-14-17(24)21-18(25)20-14/h2-7,10,22H,1,8-9H2,(H,19,23)(H2,20,21,24,25)/p+1/b14-10+. The number of rotatable bonds is 6. The molecule has 6 nitrogen and oxygen atoms in total. The Bertz CT molecular complexity index is 885. The zero-order valence-electron chi connectivity index (χ0n) is 13.8. The predicted octanol–water partition coefficient (Wildman–Crippen LogP) is 0.364. The van der Waals surface area contributed by atoms with Crippen LogP contribution in [0.4, 0.5) is 0 Å². The minimum atomic E-state index is -0.207. The number of carbonyl (C=O) groups is 2. The number of nitrogens with one attached hydrogen (secondary N) is 3. The average molecular weight is 388 g/mol. The Kier molecular flexibility index (Phi) is 5.87. The van der Waals surface area contributed by atoms with Crippen LogP contribution in [0.5, 0.6) is 0 Å². The molecule has 0 atom stereocenters. The quantitative estimate of drug-likeness (QED) is 0.281. The van der Waals surface area contributed by atoms with Gasteiger partial charge in [-0.05, 0) is 36.2 Å². The third kappa shape index (κ3) is 4.40. The first-order valence-corrected chi connectivity index (χ1v) is 9.28. The van der Waals surface area contributed by atoms with E-state index in [4.69, 9.17) is 5.11 Å². The molecule has 2 aromatic rings. The molecule has 4 N–H and O–H groups in total. The predicted molar refractivity (Wildman–Crippen MR) is 105 cm³/mol. The maximum absolute atomic E-state index is 12.0. The van der Waals surface area contributed by atoms with Gasteiger partial charge in [0.25, 0.3) is 5.91 Å². The molecule has 26 heavy (non-hydrogen) atoms. The number of hydrogen-bond acceptors (Lipinski definition) is 4. The lowest BCUT2D eigenvalue weighted by molar-refractivity contribution is -0.380. The fourth-order valence-electron chi connectivity index (χ4n) is 2.39. The van der Waals surface area contributed by atoms with Crippen molar-refractivity contribution in [2.75, 3.05) is 13.2 Å². The van der Waals surface area contributed by atoms with E-state index >= 15 is 0 Å². The van der Waals surface area contributed by atoms with Gasteiger partial charge in [0.05, 0.1) is 0 Å². The van der Waals surface area contributed by atoms with Gasteiger partial charge in [0, 0.05) is 34.5 Å². The number of aliphatic hydroxyl groups excluding tert-OH is 1. The number of amides is 2.